The van der Waals surface area contributed by atoms with Crippen LogP contribution in [-0.4, -0.2) is 21.2 Å². The number of ether oxygens (including phenoxy) is 1. The van der Waals surface area contributed by atoms with Crippen LogP contribution in [0.4, 0.5) is 4.79 Å². The van der Waals surface area contributed by atoms with Gasteiger partial charge in [0.1, 0.15) is 11.4 Å². The number of aromatic nitrogens is 2. The third-order valence-electron chi connectivity index (χ3n) is 4.93. The first kappa shape index (κ1) is 22.1. The maximum atomic E-state index is 13.3. The van der Waals surface area contributed by atoms with Gasteiger partial charge in [-0.3, -0.25) is 9.36 Å². The number of amides is 1. The molecule has 1 N–H and O–H groups in total. The van der Waals surface area contributed by atoms with E-state index in [1.54, 1.807) is 43.5 Å². The van der Waals surface area contributed by atoms with Crippen LogP contribution < -0.4 is 10.9 Å². The number of rotatable bonds is 7. The summed E-state index contributed by atoms with van der Waals surface area (Å²) in [5.41, 5.74) is -0.346. The highest BCUT2D eigenvalue weighted by molar-refractivity contribution is 6.35. The quantitative estimate of drug-likeness (QED) is 0.641. The number of halogens is 1. The molecule has 8 heteroatoms. The molecule has 1 saturated carbocycles. The van der Waals surface area contributed by atoms with Crippen molar-refractivity contribution < 1.29 is 9.53 Å². The van der Waals surface area contributed by atoms with Crippen LogP contribution in [-0.2, 0) is 11.3 Å². The summed E-state index contributed by atoms with van der Waals surface area (Å²) in [5.74, 6) is 0.714. The summed E-state index contributed by atoms with van der Waals surface area (Å²) in [7, 11) is 0. The minimum atomic E-state index is -0.626. The number of carbonyl (C=O) groups excluding carboxylic acids is 1. The van der Waals surface area contributed by atoms with Gasteiger partial charge in [-0.2, -0.15) is 5.26 Å². The van der Waals surface area contributed by atoms with Gasteiger partial charge >= 0.3 is 6.09 Å². The monoisotopic (exact) mass is 430 g/mol. The second-order valence-electron chi connectivity index (χ2n) is 8.64. The molecule has 2 aromatic rings. The molecule has 7 nitrogen and oxygen atoms in total. The lowest BCUT2D eigenvalue weighted by Gasteiger charge is -2.25. The molecule has 1 aliphatic rings. The molecule has 1 aromatic heterocycles. The SMILES string of the molecule is CC(C)(C)OC(=O)N[C@H](c1nc2cccc(Cl)c2c(=O)n1CCCCC#N)C1CC1. The first-order chi connectivity index (χ1) is 14.2. The van der Waals surface area contributed by atoms with Gasteiger partial charge in [0.15, 0.2) is 0 Å². The van der Waals surface area contributed by atoms with Gasteiger partial charge < -0.3 is 10.1 Å². The lowest BCUT2D eigenvalue weighted by molar-refractivity contribution is 0.0493. The van der Waals surface area contributed by atoms with Crippen LogP contribution in [0.15, 0.2) is 23.0 Å². The Kier molecular flexibility index (Phi) is 6.67. The van der Waals surface area contributed by atoms with E-state index in [0.29, 0.717) is 47.6 Å². The molecule has 0 aliphatic heterocycles. The Hall–Kier alpha value is -2.59. The summed E-state index contributed by atoms with van der Waals surface area (Å²) in [6, 6.07) is 6.88. The number of alkyl carbamates (subject to hydrolysis) is 1. The summed E-state index contributed by atoms with van der Waals surface area (Å²) in [4.78, 5) is 30.6. The fourth-order valence-corrected chi connectivity index (χ4v) is 3.68. The predicted molar refractivity (Wildman–Crippen MR) is 115 cm³/mol. The first-order valence-corrected chi connectivity index (χ1v) is 10.6. The highest BCUT2D eigenvalue weighted by Gasteiger charge is 2.37. The summed E-state index contributed by atoms with van der Waals surface area (Å²) in [6.07, 6.45) is 3.11. The van der Waals surface area contributed by atoms with Crippen molar-refractivity contribution in [1.29, 1.82) is 5.26 Å². The summed E-state index contributed by atoms with van der Waals surface area (Å²) in [6.45, 7) is 5.82. The van der Waals surface area contributed by atoms with Crippen molar-refractivity contribution in [2.24, 2.45) is 5.92 Å². The van der Waals surface area contributed by atoms with Crippen molar-refractivity contribution in [2.75, 3.05) is 0 Å². The molecule has 0 spiro atoms. The van der Waals surface area contributed by atoms with Crippen LogP contribution >= 0.6 is 11.6 Å². The van der Waals surface area contributed by atoms with Crippen LogP contribution in [0.1, 0.15) is 64.7 Å². The molecule has 0 saturated heterocycles. The zero-order chi connectivity index (χ0) is 21.9. The molecular weight excluding hydrogens is 404 g/mol. The van der Waals surface area contributed by atoms with E-state index in [2.05, 4.69) is 11.4 Å². The minimum absolute atomic E-state index is 0.200. The van der Waals surface area contributed by atoms with Gasteiger partial charge in [-0.15, -0.1) is 0 Å². The van der Waals surface area contributed by atoms with E-state index in [-0.39, 0.29) is 11.5 Å². The highest BCUT2D eigenvalue weighted by Crippen LogP contribution is 2.41. The van der Waals surface area contributed by atoms with Crippen molar-refractivity contribution in [3.63, 3.8) is 0 Å². The third kappa shape index (κ3) is 5.31. The second-order valence-corrected chi connectivity index (χ2v) is 9.04. The van der Waals surface area contributed by atoms with E-state index in [4.69, 9.17) is 26.6 Å². The van der Waals surface area contributed by atoms with Crippen LogP contribution in [0, 0.1) is 17.2 Å². The summed E-state index contributed by atoms with van der Waals surface area (Å²) < 4.78 is 7.04. The number of nitrogens with one attached hydrogen (secondary N) is 1. The van der Waals surface area contributed by atoms with Crippen molar-refractivity contribution in [2.45, 2.75) is 71.1 Å². The Bertz CT molecular complexity index is 1030. The van der Waals surface area contributed by atoms with Crippen LogP contribution in [0.3, 0.4) is 0 Å². The molecule has 1 aliphatic carbocycles. The Balaban J connectivity index is 2.03. The average molecular weight is 431 g/mol. The molecule has 1 amide bonds. The maximum Gasteiger partial charge on any atom is 0.408 e. The van der Waals surface area contributed by atoms with E-state index in [1.165, 1.54) is 0 Å². The maximum absolute atomic E-state index is 13.3. The van der Waals surface area contributed by atoms with Gasteiger partial charge in [0.2, 0.25) is 0 Å². The number of fused-ring (bicyclic) bond motifs is 1. The van der Waals surface area contributed by atoms with Crippen LogP contribution in [0.25, 0.3) is 10.9 Å². The van der Waals surface area contributed by atoms with Gasteiger partial charge in [-0.05, 0) is 64.5 Å². The Morgan fingerprint density at radius 2 is 2.13 bits per heavy atom. The molecule has 30 heavy (non-hydrogen) atoms. The minimum Gasteiger partial charge on any atom is -0.444 e. The third-order valence-corrected chi connectivity index (χ3v) is 5.24. The van der Waals surface area contributed by atoms with E-state index in [9.17, 15) is 9.59 Å². The molecular formula is C22H27ClN4O3. The first-order valence-electron chi connectivity index (χ1n) is 10.3. The van der Waals surface area contributed by atoms with Crippen LogP contribution in [0.2, 0.25) is 5.02 Å². The largest absolute Gasteiger partial charge is 0.444 e. The van der Waals surface area contributed by atoms with Gasteiger partial charge in [0.05, 0.1) is 28.0 Å². The van der Waals surface area contributed by atoms with E-state index in [1.807, 2.05) is 0 Å². The smallest absolute Gasteiger partial charge is 0.408 e. The average Bonchev–Trinajstić information content (AvgIpc) is 3.48. The molecule has 0 unspecified atom stereocenters. The number of unbranched alkanes of at least 4 members (excludes halogenated alkanes) is 2. The van der Waals surface area contributed by atoms with Crippen LogP contribution in [0.5, 0.6) is 0 Å². The summed E-state index contributed by atoms with van der Waals surface area (Å²) >= 11 is 6.30. The van der Waals surface area contributed by atoms with Crippen molar-refractivity contribution >= 4 is 28.6 Å². The number of nitrogens with zero attached hydrogens (tertiary/aromatic N) is 3. The van der Waals surface area contributed by atoms with E-state index in [0.717, 1.165) is 12.8 Å². The second kappa shape index (κ2) is 9.05. The lowest BCUT2D eigenvalue weighted by Crippen LogP contribution is -2.39. The van der Waals surface area contributed by atoms with E-state index >= 15 is 0 Å². The van der Waals surface area contributed by atoms with Crippen molar-refractivity contribution in [3.8, 4) is 6.07 Å². The number of carbonyl (C=O) groups is 1. The molecule has 0 bridgehead atoms. The van der Waals surface area contributed by atoms with Crippen molar-refractivity contribution in [1.82, 2.24) is 14.9 Å². The molecule has 0 radical (unpaired) electrons. The molecule has 160 valence electrons. The number of hydrogen-bond acceptors (Lipinski definition) is 5. The fourth-order valence-electron chi connectivity index (χ4n) is 3.43. The molecule has 3 rings (SSSR count). The zero-order valence-electron chi connectivity index (χ0n) is 17.6. The normalized spacial score (nSPS) is 14.9. The van der Waals surface area contributed by atoms with E-state index < -0.39 is 17.7 Å². The number of benzene rings is 1. The molecule has 1 aromatic carbocycles. The number of nitriles is 1. The van der Waals surface area contributed by atoms with Gasteiger partial charge in [-0.25, -0.2) is 9.78 Å². The number of hydrogen-bond donors (Lipinski definition) is 1. The Morgan fingerprint density at radius 1 is 1.40 bits per heavy atom. The topological polar surface area (TPSA) is 97.0 Å². The molecule has 1 heterocycles. The Labute approximate surface area is 181 Å². The molecule has 1 fully saturated rings. The van der Waals surface area contributed by atoms with Gasteiger partial charge in [0.25, 0.3) is 5.56 Å². The summed E-state index contributed by atoms with van der Waals surface area (Å²) in [5, 5.41) is 12.5. The van der Waals surface area contributed by atoms with Crippen molar-refractivity contribution in [3.05, 3.63) is 39.4 Å². The highest BCUT2D eigenvalue weighted by atomic mass is 35.5. The zero-order valence-corrected chi connectivity index (χ0v) is 18.3. The molecule has 1 atom stereocenters. The van der Waals surface area contributed by atoms with Gasteiger partial charge in [0, 0.05) is 13.0 Å². The predicted octanol–water partition coefficient (Wildman–Crippen LogP) is 4.72. The van der Waals surface area contributed by atoms with Gasteiger partial charge in [-0.1, -0.05) is 17.7 Å². The lowest BCUT2D eigenvalue weighted by atomic mass is 10.1. The fraction of sp³-hybridized carbons (Fsp3) is 0.545. The Morgan fingerprint density at radius 3 is 2.77 bits per heavy atom. The standard InChI is InChI=1S/C22H27ClN4O3/c1-22(2,3)30-21(29)26-18(14-10-11-14)19-25-16-9-7-8-15(23)17(16)20(28)27(19)13-6-4-5-12-24/h7-9,14,18H,4-6,10-11,13H2,1-3H3,(H,26,29)/t18-/m0/s1.